The van der Waals surface area contributed by atoms with Crippen LogP contribution < -0.4 is 4.74 Å². The molecule has 28 heavy (non-hydrogen) atoms. The van der Waals surface area contributed by atoms with Crippen LogP contribution in [0.15, 0.2) is 24.3 Å². The molecular formula is C25H42O3. The molecule has 0 saturated heterocycles. The molecule has 0 spiro atoms. The summed E-state index contributed by atoms with van der Waals surface area (Å²) in [6.45, 7) is 17.5. The van der Waals surface area contributed by atoms with Crippen LogP contribution >= 0.6 is 0 Å². The highest BCUT2D eigenvalue weighted by Crippen LogP contribution is 2.33. The quantitative estimate of drug-likeness (QED) is 0.598. The van der Waals surface area contributed by atoms with Gasteiger partial charge in [0.2, 0.25) is 0 Å². The Labute approximate surface area is 173 Å². The second-order valence-electron chi connectivity index (χ2n) is 8.30. The maximum absolute atomic E-state index is 9.29. The summed E-state index contributed by atoms with van der Waals surface area (Å²) in [5.41, 5.74) is 1.03. The van der Waals surface area contributed by atoms with Gasteiger partial charge in [-0.05, 0) is 49.9 Å². The number of benzene rings is 1. The van der Waals surface area contributed by atoms with Crippen LogP contribution in [-0.2, 0) is 4.74 Å². The van der Waals surface area contributed by atoms with Crippen molar-refractivity contribution in [2.45, 2.75) is 86.9 Å². The highest BCUT2D eigenvalue weighted by atomic mass is 16.5. The lowest BCUT2D eigenvalue weighted by Crippen LogP contribution is -2.37. The molecular weight excluding hydrogens is 348 g/mol. The molecule has 0 unspecified atom stereocenters. The molecule has 0 heterocycles. The van der Waals surface area contributed by atoms with Gasteiger partial charge in [-0.2, -0.15) is 0 Å². The van der Waals surface area contributed by atoms with E-state index in [1.807, 2.05) is 52.0 Å². The molecule has 3 heteroatoms. The van der Waals surface area contributed by atoms with Gasteiger partial charge >= 0.3 is 0 Å². The van der Waals surface area contributed by atoms with Gasteiger partial charge in [-0.15, -0.1) is 0 Å². The van der Waals surface area contributed by atoms with Crippen molar-refractivity contribution in [3.05, 3.63) is 29.8 Å². The number of hydrogen-bond acceptors (Lipinski definition) is 3. The average molecular weight is 391 g/mol. The van der Waals surface area contributed by atoms with Crippen molar-refractivity contribution in [2.75, 3.05) is 13.7 Å². The first-order valence-electron chi connectivity index (χ1n) is 10.7. The van der Waals surface area contributed by atoms with Gasteiger partial charge in [-0.1, -0.05) is 53.4 Å². The summed E-state index contributed by atoms with van der Waals surface area (Å²) in [6, 6.07) is 7.90. The molecule has 1 N–H and O–H groups in total. The van der Waals surface area contributed by atoms with Gasteiger partial charge in [-0.3, -0.25) is 0 Å². The predicted octanol–water partition coefficient (Wildman–Crippen LogP) is 6.08. The third-order valence-electron chi connectivity index (χ3n) is 4.23. The zero-order chi connectivity index (χ0) is 21.8. The van der Waals surface area contributed by atoms with Crippen LogP contribution in [0.25, 0.3) is 0 Å². The van der Waals surface area contributed by atoms with E-state index in [9.17, 15) is 5.11 Å². The topological polar surface area (TPSA) is 38.7 Å². The Hall–Kier alpha value is -1.50. The van der Waals surface area contributed by atoms with E-state index in [1.54, 1.807) is 7.11 Å². The first kappa shape index (κ1) is 26.5. The fourth-order valence-electron chi connectivity index (χ4n) is 3.37. The Morgan fingerprint density at radius 3 is 2.00 bits per heavy atom. The molecule has 1 saturated carbocycles. The molecule has 0 amide bonds. The second-order valence-corrected chi connectivity index (χ2v) is 8.30. The van der Waals surface area contributed by atoms with E-state index in [0.717, 1.165) is 37.2 Å². The van der Waals surface area contributed by atoms with Crippen molar-refractivity contribution in [1.29, 1.82) is 0 Å². The van der Waals surface area contributed by atoms with Crippen LogP contribution in [0.3, 0.4) is 0 Å². The minimum absolute atomic E-state index is 0.0702. The maximum Gasteiger partial charge on any atom is 0.119 e. The lowest BCUT2D eigenvalue weighted by Gasteiger charge is -2.31. The molecule has 2 rings (SSSR count). The van der Waals surface area contributed by atoms with E-state index in [2.05, 4.69) is 39.5 Å². The molecule has 0 bridgehead atoms. The molecule has 160 valence electrons. The van der Waals surface area contributed by atoms with Crippen LogP contribution in [-0.4, -0.2) is 31.0 Å². The van der Waals surface area contributed by atoms with Crippen LogP contribution in [0.2, 0.25) is 0 Å². The SMILES string of the molecule is CC.CC.COCC(C)(C)CC(C)(C)C#Cc1ccc(OC2CC(O)C2)cc1. The lowest BCUT2D eigenvalue weighted by molar-refractivity contribution is -0.0107. The van der Waals surface area contributed by atoms with E-state index < -0.39 is 0 Å². The number of ether oxygens (including phenoxy) is 2. The van der Waals surface area contributed by atoms with Crippen LogP contribution in [0.4, 0.5) is 0 Å². The lowest BCUT2D eigenvalue weighted by atomic mass is 9.76. The largest absolute Gasteiger partial charge is 0.490 e. The zero-order valence-electron chi connectivity index (χ0n) is 19.6. The van der Waals surface area contributed by atoms with Crippen molar-refractivity contribution in [3.63, 3.8) is 0 Å². The van der Waals surface area contributed by atoms with Gasteiger partial charge in [0.05, 0.1) is 12.7 Å². The minimum Gasteiger partial charge on any atom is -0.490 e. The molecule has 0 aromatic heterocycles. The zero-order valence-corrected chi connectivity index (χ0v) is 19.6. The van der Waals surface area contributed by atoms with Crippen LogP contribution in [0.5, 0.6) is 5.75 Å². The first-order chi connectivity index (χ1) is 13.2. The van der Waals surface area contributed by atoms with Crippen molar-refractivity contribution in [1.82, 2.24) is 0 Å². The summed E-state index contributed by atoms with van der Waals surface area (Å²) < 4.78 is 11.1. The Morgan fingerprint density at radius 2 is 1.54 bits per heavy atom. The van der Waals surface area contributed by atoms with Gasteiger partial charge in [-0.25, -0.2) is 0 Å². The molecule has 0 aliphatic heterocycles. The monoisotopic (exact) mass is 390 g/mol. The smallest absolute Gasteiger partial charge is 0.119 e. The molecule has 0 atom stereocenters. The van der Waals surface area contributed by atoms with Gasteiger partial charge in [0, 0.05) is 30.9 Å². The van der Waals surface area contributed by atoms with Gasteiger partial charge in [0.1, 0.15) is 11.9 Å². The molecule has 1 aromatic rings. The molecule has 1 aliphatic carbocycles. The Kier molecular flexibility index (Phi) is 12.2. The van der Waals surface area contributed by atoms with Crippen molar-refractivity contribution in [3.8, 4) is 17.6 Å². The molecule has 1 aromatic carbocycles. The molecule has 0 radical (unpaired) electrons. The highest BCUT2D eigenvalue weighted by Gasteiger charge is 2.29. The standard InChI is InChI=1S/C21H30O3.2C2H6/c1-20(2,14-21(3,4)15-23-5)11-10-16-6-8-18(9-7-16)24-19-12-17(22)13-19;2*1-2/h6-9,17,19,22H,12-15H2,1-5H3;2*1-2H3. The minimum atomic E-state index is -0.190. The highest BCUT2D eigenvalue weighted by molar-refractivity contribution is 5.39. The van der Waals surface area contributed by atoms with Gasteiger partial charge in [0.25, 0.3) is 0 Å². The summed E-state index contributed by atoms with van der Waals surface area (Å²) in [5.74, 6) is 7.52. The summed E-state index contributed by atoms with van der Waals surface area (Å²) >= 11 is 0. The van der Waals surface area contributed by atoms with Gasteiger partial charge in [0.15, 0.2) is 0 Å². The van der Waals surface area contributed by atoms with E-state index in [-0.39, 0.29) is 23.0 Å². The van der Waals surface area contributed by atoms with Crippen LogP contribution in [0, 0.1) is 22.7 Å². The number of hydrogen-bond donors (Lipinski definition) is 1. The Morgan fingerprint density at radius 1 is 1.00 bits per heavy atom. The van der Waals surface area contributed by atoms with Crippen molar-refractivity contribution < 1.29 is 14.6 Å². The van der Waals surface area contributed by atoms with Gasteiger partial charge < -0.3 is 14.6 Å². The Bertz CT molecular complexity index is 584. The molecule has 3 nitrogen and oxygen atoms in total. The third-order valence-corrected chi connectivity index (χ3v) is 4.23. The number of aliphatic hydroxyl groups excluding tert-OH is 1. The summed E-state index contributed by atoms with van der Waals surface area (Å²) in [5, 5.41) is 9.29. The number of rotatable bonds is 6. The van der Waals surface area contributed by atoms with Crippen LogP contribution in [0.1, 0.15) is 80.2 Å². The normalized spacial score (nSPS) is 18.2. The van der Waals surface area contributed by atoms with E-state index in [1.165, 1.54) is 0 Å². The van der Waals surface area contributed by atoms with E-state index >= 15 is 0 Å². The summed E-state index contributed by atoms with van der Waals surface area (Å²) in [4.78, 5) is 0. The number of methoxy groups -OCH3 is 1. The molecule has 1 fully saturated rings. The number of aliphatic hydroxyl groups is 1. The third kappa shape index (κ3) is 10.2. The maximum atomic E-state index is 9.29. The fraction of sp³-hybridized carbons (Fsp3) is 0.680. The summed E-state index contributed by atoms with van der Waals surface area (Å²) in [6.07, 6.45) is 2.40. The van der Waals surface area contributed by atoms with Crippen molar-refractivity contribution in [2.24, 2.45) is 10.8 Å². The second kappa shape index (κ2) is 12.9. The Balaban J connectivity index is 0.00000171. The summed E-state index contributed by atoms with van der Waals surface area (Å²) in [7, 11) is 1.74. The fourth-order valence-corrected chi connectivity index (χ4v) is 3.37. The predicted molar refractivity (Wildman–Crippen MR) is 120 cm³/mol. The average Bonchev–Trinajstić information content (AvgIpc) is 2.62. The van der Waals surface area contributed by atoms with E-state index in [0.29, 0.717) is 0 Å². The first-order valence-corrected chi connectivity index (χ1v) is 10.7. The molecule has 1 aliphatic rings. The van der Waals surface area contributed by atoms with E-state index in [4.69, 9.17) is 9.47 Å². The van der Waals surface area contributed by atoms with Crippen molar-refractivity contribution >= 4 is 0 Å².